The Kier molecular flexibility index (Phi) is 6.00. The Morgan fingerprint density at radius 2 is 1.78 bits per heavy atom. The first-order valence-corrected chi connectivity index (χ1v) is 5.79. The maximum Gasteiger partial charge on any atom is 0.380 e. The summed E-state index contributed by atoms with van der Waals surface area (Å²) in [5, 5.41) is 0. The first-order valence-electron chi connectivity index (χ1n) is 5.79. The van der Waals surface area contributed by atoms with Crippen LogP contribution in [0.1, 0.15) is 30.1 Å². The second kappa shape index (κ2) is 7.55. The number of methoxy groups -OCH3 is 2. The summed E-state index contributed by atoms with van der Waals surface area (Å²) in [6.45, 7) is 2.40. The van der Waals surface area contributed by atoms with E-state index < -0.39 is 5.97 Å². The molecule has 1 rings (SSSR count). The van der Waals surface area contributed by atoms with Gasteiger partial charge in [0.05, 0.1) is 20.8 Å². The van der Waals surface area contributed by atoms with E-state index in [1.165, 1.54) is 14.2 Å². The minimum Gasteiger partial charge on any atom is -0.496 e. The molecule has 18 heavy (non-hydrogen) atoms. The Morgan fingerprint density at radius 3 is 2.28 bits per heavy atom. The SMILES string of the molecule is CCCCOOC(=O)c1c(OC)cccc1OC. The molecule has 0 bridgehead atoms. The Morgan fingerprint density at radius 1 is 1.17 bits per heavy atom. The number of ether oxygens (including phenoxy) is 2. The smallest absolute Gasteiger partial charge is 0.380 e. The number of carbonyl (C=O) groups excluding carboxylic acids is 1. The van der Waals surface area contributed by atoms with Crippen molar-refractivity contribution in [3.05, 3.63) is 23.8 Å². The van der Waals surface area contributed by atoms with E-state index in [2.05, 4.69) is 0 Å². The highest BCUT2D eigenvalue weighted by molar-refractivity contribution is 5.95. The van der Waals surface area contributed by atoms with E-state index in [4.69, 9.17) is 19.2 Å². The molecular weight excluding hydrogens is 236 g/mol. The zero-order valence-corrected chi connectivity index (χ0v) is 10.9. The Bertz CT molecular complexity index is 367. The van der Waals surface area contributed by atoms with E-state index >= 15 is 0 Å². The minimum absolute atomic E-state index is 0.221. The molecule has 0 saturated carbocycles. The van der Waals surface area contributed by atoms with Gasteiger partial charge in [-0.3, -0.25) is 4.89 Å². The van der Waals surface area contributed by atoms with Gasteiger partial charge in [0.2, 0.25) is 0 Å². The predicted octanol–water partition coefficient (Wildman–Crippen LogP) is 2.59. The van der Waals surface area contributed by atoms with Crippen molar-refractivity contribution in [2.75, 3.05) is 20.8 Å². The topological polar surface area (TPSA) is 54.0 Å². The highest BCUT2D eigenvalue weighted by Crippen LogP contribution is 2.28. The molecule has 1 aromatic carbocycles. The molecule has 5 heteroatoms. The fourth-order valence-corrected chi connectivity index (χ4v) is 1.39. The van der Waals surface area contributed by atoms with Crippen LogP contribution < -0.4 is 9.47 Å². The highest BCUT2D eigenvalue weighted by atomic mass is 17.2. The summed E-state index contributed by atoms with van der Waals surface area (Å²) >= 11 is 0. The number of carbonyl (C=O) groups is 1. The van der Waals surface area contributed by atoms with Gasteiger partial charge in [-0.05, 0) is 18.6 Å². The predicted molar refractivity (Wildman–Crippen MR) is 65.8 cm³/mol. The van der Waals surface area contributed by atoms with E-state index in [-0.39, 0.29) is 5.56 Å². The number of rotatable bonds is 7. The van der Waals surface area contributed by atoms with E-state index in [1.54, 1.807) is 18.2 Å². The van der Waals surface area contributed by atoms with E-state index in [0.717, 1.165) is 12.8 Å². The molecule has 100 valence electrons. The third-order valence-electron chi connectivity index (χ3n) is 2.35. The van der Waals surface area contributed by atoms with Crippen LogP contribution >= 0.6 is 0 Å². The van der Waals surface area contributed by atoms with Crippen molar-refractivity contribution >= 4 is 5.97 Å². The quantitative estimate of drug-likeness (QED) is 0.425. The van der Waals surface area contributed by atoms with Crippen molar-refractivity contribution in [2.45, 2.75) is 19.8 Å². The highest BCUT2D eigenvalue weighted by Gasteiger charge is 2.20. The average molecular weight is 254 g/mol. The van der Waals surface area contributed by atoms with Crippen LogP contribution in [0.15, 0.2) is 18.2 Å². The van der Waals surface area contributed by atoms with Crippen LogP contribution in [0, 0.1) is 0 Å². The van der Waals surface area contributed by atoms with E-state index in [1.807, 2.05) is 6.92 Å². The van der Waals surface area contributed by atoms with E-state index in [0.29, 0.717) is 18.1 Å². The number of hydrogen-bond acceptors (Lipinski definition) is 5. The van der Waals surface area contributed by atoms with Crippen LogP contribution in [0.5, 0.6) is 11.5 Å². The summed E-state index contributed by atoms with van der Waals surface area (Å²) < 4.78 is 10.2. The first-order chi connectivity index (χ1) is 8.74. The van der Waals surface area contributed by atoms with E-state index in [9.17, 15) is 4.79 Å². The van der Waals surface area contributed by atoms with Crippen molar-refractivity contribution in [3.8, 4) is 11.5 Å². The van der Waals surface area contributed by atoms with Gasteiger partial charge in [-0.1, -0.05) is 19.4 Å². The lowest BCUT2D eigenvalue weighted by atomic mass is 10.2. The lowest BCUT2D eigenvalue weighted by Gasteiger charge is -2.11. The largest absolute Gasteiger partial charge is 0.496 e. The molecular formula is C13H18O5. The lowest BCUT2D eigenvalue weighted by Crippen LogP contribution is -2.10. The van der Waals surface area contributed by atoms with Gasteiger partial charge in [-0.25, -0.2) is 4.79 Å². The van der Waals surface area contributed by atoms with Crippen LogP contribution in [0.3, 0.4) is 0 Å². The van der Waals surface area contributed by atoms with Crippen molar-refractivity contribution in [1.29, 1.82) is 0 Å². The second-order valence-electron chi connectivity index (χ2n) is 3.58. The number of unbranched alkanes of at least 4 members (excludes halogenated alkanes) is 1. The fraction of sp³-hybridized carbons (Fsp3) is 0.462. The molecule has 0 aliphatic rings. The zero-order valence-electron chi connectivity index (χ0n) is 10.9. The standard InChI is InChI=1S/C13H18O5/c1-4-5-9-17-18-13(14)12-10(15-2)7-6-8-11(12)16-3/h6-8H,4-5,9H2,1-3H3. The van der Waals surface area contributed by atoms with Gasteiger partial charge in [0.15, 0.2) is 0 Å². The molecule has 0 N–H and O–H groups in total. The average Bonchev–Trinajstić information content (AvgIpc) is 2.42. The van der Waals surface area contributed by atoms with Gasteiger partial charge < -0.3 is 9.47 Å². The minimum atomic E-state index is -0.625. The molecule has 0 atom stereocenters. The monoisotopic (exact) mass is 254 g/mol. The molecule has 0 aromatic heterocycles. The molecule has 0 saturated heterocycles. The van der Waals surface area contributed by atoms with Crippen LogP contribution in [0.2, 0.25) is 0 Å². The maximum absolute atomic E-state index is 11.9. The Labute approximate surface area is 107 Å². The number of hydrogen-bond donors (Lipinski definition) is 0. The third kappa shape index (κ3) is 3.63. The third-order valence-corrected chi connectivity index (χ3v) is 2.35. The van der Waals surface area contributed by atoms with Crippen molar-refractivity contribution in [3.63, 3.8) is 0 Å². The van der Waals surface area contributed by atoms with Crippen LogP contribution in [0.4, 0.5) is 0 Å². The summed E-state index contributed by atoms with van der Waals surface area (Å²) in [5.74, 6) is 0.150. The molecule has 0 aliphatic carbocycles. The van der Waals surface area contributed by atoms with Gasteiger partial charge in [-0.15, -0.1) is 0 Å². The fourth-order valence-electron chi connectivity index (χ4n) is 1.39. The molecule has 0 fully saturated rings. The molecule has 1 aromatic rings. The Balaban J connectivity index is 2.76. The molecule has 0 aliphatic heterocycles. The number of benzene rings is 1. The van der Waals surface area contributed by atoms with Gasteiger partial charge in [-0.2, -0.15) is 4.89 Å². The van der Waals surface area contributed by atoms with Crippen molar-refractivity contribution in [2.24, 2.45) is 0 Å². The summed E-state index contributed by atoms with van der Waals surface area (Å²) in [6, 6.07) is 5.04. The van der Waals surface area contributed by atoms with Gasteiger partial charge >= 0.3 is 5.97 Å². The lowest BCUT2D eigenvalue weighted by molar-refractivity contribution is -0.241. The maximum atomic E-state index is 11.9. The summed E-state index contributed by atoms with van der Waals surface area (Å²) in [4.78, 5) is 21.4. The molecule has 5 nitrogen and oxygen atoms in total. The molecule has 0 spiro atoms. The normalized spacial score (nSPS) is 9.94. The summed E-state index contributed by atoms with van der Waals surface area (Å²) in [5.41, 5.74) is 0.221. The van der Waals surface area contributed by atoms with Crippen LogP contribution in [0.25, 0.3) is 0 Å². The van der Waals surface area contributed by atoms with Gasteiger partial charge in [0.1, 0.15) is 17.1 Å². The summed E-state index contributed by atoms with van der Waals surface area (Å²) in [7, 11) is 2.95. The first kappa shape index (κ1) is 14.3. The summed E-state index contributed by atoms with van der Waals surface area (Å²) in [6.07, 6.45) is 1.80. The zero-order chi connectivity index (χ0) is 13.4. The Hall–Kier alpha value is -1.75. The molecule has 0 amide bonds. The molecule has 0 radical (unpaired) electrons. The van der Waals surface area contributed by atoms with Crippen LogP contribution in [-0.2, 0) is 9.78 Å². The second-order valence-corrected chi connectivity index (χ2v) is 3.58. The van der Waals surface area contributed by atoms with Crippen molar-refractivity contribution < 1.29 is 24.0 Å². The van der Waals surface area contributed by atoms with Gasteiger partial charge in [0.25, 0.3) is 0 Å². The van der Waals surface area contributed by atoms with Crippen LogP contribution in [-0.4, -0.2) is 26.8 Å². The molecule has 0 unspecified atom stereocenters. The van der Waals surface area contributed by atoms with Gasteiger partial charge in [0, 0.05) is 0 Å². The van der Waals surface area contributed by atoms with Crippen molar-refractivity contribution in [1.82, 2.24) is 0 Å². The molecule has 0 heterocycles.